The second kappa shape index (κ2) is 11.4. The summed E-state index contributed by atoms with van der Waals surface area (Å²) in [5.41, 5.74) is 3.95. The minimum atomic E-state index is -0.901. The van der Waals surface area contributed by atoms with Gasteiger partial charge < -0.3 is 15.4 Å². The van der Waals surface area contributed by atoms with E-state index >= 15 is 0 Å². The van der Waals surface area contributed by atoms with Crippen molar-refractivity contribution in [3.8, 4) is 0 Å². The van der Waals surface area contributed by atoms with Crippen LogP contribution in [0.25, 0.3) is 0 Å². The molecule has 8 heteroatoms. The van der Waals surface area contributed by atoms with Gasteiger partial charge in [0.2, 0.25) is 0 Å². The largest absolute Gasteiger partial charge is 0.465 e. The molecule has 2 aliphatic rings. The van der Waals surface area contributed by atoms with Crippen LogP contribution in [0.3, 0.4) is 0 Å². The van der Waals surface area contributed by atoms with Gasteiger partial charge in [-0.25, -0.2) is 4.79 Å². The monoisotopic (exact) mass is 541 g/mol. The van der Waals surface area contributed by atoms with Gasteiger partial charge in [-0.05, 0) is 73.5 Å². The van der Waals surface area contributed by atoms with Crippen LogP contribution >= 0.6 is 11.9 Å². The van der Waals surface area contributed by atoms with Crippen molar-refractivity contribution in [2.24, 2.45) is 11.3 Å². The van der Waals surface area contributed by atoms with Crippen molar-refractivity contribution in [1.29, 1.82) is 0 Å². The Hall–Kier alpha value is -4.04. The number of fused-ring (bicyclic) bond motifs is 1. The number of anilines is 1. The molecular formula is C31H31N3O4S. The molecule has 0 radical (unpaired) electrons. The molecule has 1 saturated carbocycles. The predicted molar refractivity (Wildman–Crippen MR) is 152 cm³/mol. The van der Waals surface area contributed by atoms with Gasteiger partial charge in [0.25, 0.3) is 5.91 Å². The lowest BCUT2D eigenvalue weighted by molar-refractivity contribution is -0.146. The summed E-state index contributed by atoms with van der Waals surface area (Å²) in [7, 11) is 0. The fraction of sp³-hybridized carbons (Fsp3) is 0.258. The summed E-state index contributed by atoms with van der Waals surface area (Å²) in [5, 5.41) is 5.70. The number of esters is 1. The number of rotatable bonds is 8. The Morgan fingerprint density at radius 1 is 1.05 bits per heavy atom. The van der Waals surface area contributed by atoms with Gasteiger partial charge in [0.1, 0.15) is 6.04 Å². The number of aryl methyl sites for hydroxylation is 1. The topological polar surface area (TPSA) is 96.5 Å². The summed E-state index contributed by atoms with van der Waals surface area (Å²) in [4.78, 5) is 39.5. The number of carbonyl (C=O) groups is 3. The molecule has 39 heavy (non-hydrogen) atoms. The van der Waals surface area contributed by atoms with Crippen LogP contribution < -0.4 is 15.4 Å². The van der Waals surface area contributed by atoms with Crippen LogP contribution in [0.15, 0.2) is 95.9 Å². The molecule has 3 amide bonds. The minimum absolute atomic E-state index is 0.140. The van der Waals surface area contributed by atoms with E-state index in [1.54, 1.807) is 12.1 Å². The maximum Gasteiger partial charge on any atom is 0.325 e. The highest BCUT2D eigenvalue weighted by molar-refractivity contribution is 7.98. The minimum Gasteiger partial charge on any atom is -0.465 e. The smallest absolute Gasteiger partial charge is 0.325 e. The number of hydrogen-bond donors (Lipinski definition) is 3. The van der Waals surface area contributed by atoms with Crippen molar-refractivity contribution in [3.63, 3.8) is 0 Å². The Morgan fingerprint density at radius 2 is 1.77 bits per heavy atom. The summed E-state index contributed by atoms with van der Waals surface area (Å²) < 4.78 is 8.14. The van der Waals surface area contributed by atoms with Crippen molar-refractivity contribution in [2.75, 3.05) is 11.9 Å². The summed E-state index contributed by atoms with van der Waals surface area (Å²) in [5.74, 6) is -0.335. The molecule has 3 N–H and O–H groups in total. The molecule has 2 fully saturated rings. The van der Waals surface area contributed by atoms with Crippen molar-refractivity contribution >= 4 is 35.5 Å². The molecule has 0 spiro atoms. The molecular weight excluding hydrogens is 510 g/mol. The molecule has 3 unspecified atom stereocenters. The molecule has 1 aliphatic carbocycles. The third-order valence-corrected chi connectivity index (χ3v) is 8.19. The Kier molecular flexibility index (Phi) is 7.74. The summed E-state index contributed by atoms with van der Waals surface area (Å²) in [6, 6.07) is 23.0. The number of urea groups is 1. The van der Waals surface area contributed by atoms with E-state index < -0.39 is 17.5 Å². The molecule has 1 heterocycles. The Bertz CT molecular complexity index is 1380. The maximum atomic E-state index is 13.3. The van der Waals surface area contributed by atoms with E-state index in [1.165, 1.54) is 11.9 Å². The number of ether oxygens (including phenoxy) is 1. The van der Waals surface area contributed by atoms with Gasteiger partial charge in [0.15, 0.2) is 0 Å². The first-order valence-corrected chi connectivity index (χ1v) is 13.7. The third-order valence-electron chi connectivity index (χ3n) is 7.40. The molecule has 3 aromatic rings. The van der Waals surface area contributed by atoms with Crippen molar-refractivity contribution in [1.82, 2.24) is 10.0 Å². The molecule has 0 aromatic heterocycles. The summed E-state index contributed by atoms with van der Waals surface area (Å²) in [6.07, 6.45) is 2.06. The van der Waals surface area contributed by atoms with Crippen LogP contribution in [-0.2, 0) is 20.7 Å². The average Bonchev–Trinajstić information content (AvgIpc) is 3.41. The van der Waals surface area contributed by atoms with Gasteiger partial charge in [-0.2, -0.15) is 0 Å². The molecule has 3 aromatic carbocycles. The first-order chi connectivity index (χ1) is 18.8. The molecule has 5 rings (SSSR count). The normalized spacial score (nSPS) is 20.6. The summed E-state index contributed by atoms with van der Waals surface area (Å²) in [6.45, 7) is 6.56. The molecule has 1 saturated heterocycles. The highest BCUT2D eigenvalue weighted by Crippen LogP contribution is 2.52. The maximum absolute atomic E-state index is 13.3. The number of nitrogens with one attached hydrogen (secondary N) is 3. The van der Waals surface area contributed by atoms with E-state index in [-0.39, 0.29) is 17.8 Å². The van der Waals surface area contributed by atoms with E-state index in [0.29, 0.717) is 30.7 Å². The van der Waals surface area contributed by atoms with Gasteiger partial charge in [-0.1, -0.05) is 72.3 Å². The zero-order valence-corrected chi connectivity index (χ0v) is 22.6. The van der Waals surface area contributed by atoms with Crippen LogP contribution in [0.2, 0.25) is 0 Å². The predicted octanol–water partition coefficient (Wildman–Crippen LogP) is 5.73. The zero-order chi connectivity index (χ0) is 27.4. The Balaban J connectivity index is 1.24. The van der Waals surface area contributed by atoms with Crippen LogP contribution in [-0.4, -0.2) is 24.5 Å². The van der Waals surface area contributed by atoms with Crippen molar-refractivity contribution in [2.45, 2.75) is 37.1 Å². The van der Waals surface area contributed by atoms with E-state index in [9.17, 15) is 14.4 Å². The number of benzene rings is 3. The van der Waals surface area contributed by atoms with Gasteiger partial charge in [-0.3, -0.25) is 14.3 Å². The van der Waals surface area contributed by atoms with Crippen LogP contribution in [0.5, 0.6) is 0 Å². The van der Waals surface area contributed by atoms with Gasteiger partial charge >= 0.3 is 12.0 Å². The lowest BCUT2D eigenvalue weighted by atomic mass is 9.75. The fourth-order valence-corrected chi connectivity index (χ4v) is 5.91. The zero-order valence-electron chi connectivity index (χ0n) is 21.7. The highest BCUT2D eigenvalue weighted by atomic mass is 32.2. The van der Waals surface area contributed by atoms with Gasteiger partial charge in [0.05, 0.1) is 12.0 Å². The van der Waals surface area contributed by atoms with E-state index in [0.717, 1.165) is 28.0 Å². The van der Waals surface area contributed by atoms with Gasteiger partial charge in [-0.15, -0.1) is 0 Å². The third kappa shape index (κ3) is 6.01. The van der Waals surface area contributed by atoms with E-state index in [4.69, 9.17) is 4.74 Å². The molecule has 200 valence electrons. The van der Waals surface area contributed by atoms with Gasteiger partial charge in [0, 0.05) is 16.5 Å². The number of hydrogen-bond acceptors (Lipinski definition) is 5. The highest BCUT2D eigenvalue weighted by Gasteiger charge is 2.55. The van der Waals surface area contributed by atoms with Crippen molar-refractivity contribution in [3.05, 3.63) is 108 Å². The lowest BCUT2D eigenvalue weighted by Gasteiger charge is -2.24. The number of carbonyl (C=O) groups excluding carboxylic acids is 3. The van der Waals surface area contributed by atoms with E-state index in [1.807, 2.05) is 73.7 Å². The quantitative estimate of drug-likeness (QED) is 0.192. The lowest BCUT2D eigenvalue weighted by Crippen LogP contribution is -2.40. The average molecular weight is 542 g/mol. The Morgan fingerprint density at radius 3 is 2.49 bits per heavy atom. The second-order valence-corrected chi connectivity index (χ2v) is 11.2. The molecule has 7 nitrogen and oxygen atoms in total. The van der Waals surface area contributed by atoms with Crippen molar-refractivity contribution < 1.29 is 19.1 Å². The number of cyclic esters (lactones) is 1. The number of allylic oxidation sites excluding steroid dienone is 1. The SMILES string of the molecule is C=C1CC2COC(=O)C2(Cc2ccc(NC(=O)C(NC(=O)NSc3ccc(C)cc3)c3ccccc3)cc2)C1. The first kappa shape index (κ1) is 26.6. The van der Waals surface area contributed by atoms with Crippen LogP contribution in [0.4, 0.5) is 10.5 Å². The van der Waals surface area contributed by atoms with Crippen LogP contribution in [0.1, 0.15) is 35.6 Å². The second-order valence-electron chi connectivity index (χ2n) is 10.3. The Labute approximate surface area is 232 Å². The van der Waals surface area contributed by atoms with Crippen LogP contribution in [0, 0.1) is 18.3 Å². The fourth-order valence-electron chi connectivity index (χ4n) is 5.37. The first-order valence-electron chi connectivity index (χ1n) is 12.9. The summed E-state index contributed by atoms with van der Waals surface area (Å²) >= 11 is 1.18. The molecule has 0 bridgehead atoms. The molecule has 3 atom stereocenters. The standard InChI is InChI=1S/C31H31N3O4S/c1-20-8-14-26(15-9-20)39-34-30(37)33-27(23-6-4-3-5-7-23)28(35)32-25-12-10-22(11-13-25)18-31-17-21(2)16-24(31)19-38-29(31)36/h3-15,24,27H,2,16-19H2,1H3,(H,32,35)(H2,33,34,37). The number of amides is 3. The van der Waals surface area contributed by atoms with E-state index in [2.05, 4.69) is 21.9 Å². The molecule has 1 aliphatic heterocycles.